The van der Waals surface area contributed by atoms with E-state index < -0.39 is 16.1 Å². The smallest absolute Gasteiger partial charge is 0.0442 e. The van der Waals surface area contributed by atoms with Gasteiger partial charge in [0.2, 0.25) is 0 Å². The maximum absolute atomic E-state index is 2.49. The van der Waals surface area contributed by atoms with Crippen LogP contribution < -0.4 is 0 Å². The van der Waals surface area contributed by atoms with Crippen molar-refractivity contribution in [3.63, 3.8) is 0 Å². The summed E-state index contributed by atoms with van der Waals surface area (Å²) in [6.07, 6.45) is 10.4. The third-order valence-electron chi connectivity index (χ3n) is 3.35. The number of hydrogen-bond acceptors (Lipinski definition) is 0. The lowest BCUT2D eigenvalue weighted by atomic mass is 10.1. The monoisotopic (exact) mass is 272 g/mol. The zero-order valence-electron chi connectivity index (χ0n) is 13.4. The molecule has 0 atom stereocenters. The van der Waals surface area contributed by atoms with Crippen LogP contribution in [-0.4, -0.2) is 16.1 Å². The summed E-state index contributed by atoms with van der Waals surface area (Å²) < 4.78 is 0. The fraction of sp³-hybridized carbons (Fsp3) is 1.00. The maximum atomic E-state index is 2.49. The molecule has 0 aliphatic heterocycles. The molecule has 0 fully saturated rings. The molecule has 104 valence electrons. The normalized spacial score (nSPS) is 13.1. The first-order chi connectivity index (χ1) is 7.71. The molecule has 0 rings (SSSR count). The lowest BCUT2D eigenvalue weighted by Crippen LogP contribution is -2.18. The second-order valence-electron chi connectivity index (χ2n) is 8.10. The molecule has 0 heterocycles. The third-order valence-corrected chi connectivity index (χ3v) is 7.06. The molecule has 0 unspecified atom stereocenters. The Labute approximate surface area is 113 Å². The summed E-state index contributed by atoms with van der Waals surface area (Å²) in [5, 5.41) is 0. The average Bonchev–Trinajstić information content (AvgIpc) is 2.11. The van der Waals surface area contributed by atoms with Gasteiger partial charge in [0.1, 0.15) is 0 Å². The average molecular weight is 273 g/mol. The van der Waals surface area contributed by atoms with Gasteiger partial charge in [0.05, 0.1) is 0 Å². The summed E-state index contributed by atoms with van der Waals surface area (Å²) >= 11 is 0. The van der Waals surface area contributed by atoms with Gasteiger partial charge in [0.15, 0.2) is 0 Å². The number of hydrogen-bond donors (Lipinski definition) is 0. The Morgan fingerprint density at radius 2 is 0.647 bits per heavy atom. The SMILES string of the molecule is C[Si](C)(C)CCCCCCCCC[Si](C)(C)C. The summed E-state index contributed by atoms with van der Waals surface area (Å²) in [7, 11) is -1.51. The van der Waals surface area contributed by atoms with Crippen molar-refractivity contribution in [1.82, 2.24) is 0 Å². The Kier molecular flexibility index (Phi) is 8.74. The number of unbranched alkanes of at least 4 members (excludes halogenated alkanes) is 6. The molecule has 0 aliphatic rings. The van der Waals surface area contributed by atoms with Crippen LogP contribution in [0.3, 0.4) is 0 Å². The molecule has 0 aromatic carbocycles. The fourth-order valence-electron chi connectivity index (χ4n) is 2.19. The quantitative estimate of drug-likeness (QED) is 0.319. The summed E-state index contributed by atoms with van der Waals surface area (Å²) in [6.45, 7) is 14.9. The van der Waals surface area contributed by atoms with Gasteiger partial charge in [-0.2, -0.15) is 0 Å². The van der Waals surface area contributed by atoms with Crippen LogP contribution in [0.25, 0.3) is 0 Å². The molecule has 0 nitrogen and oxygen atoms in total. The Balaban J connectivity index is 3.15. The highest BCUT2D eigenvalue weighted by Gasteiger charge is 2.12. The van der Waals surface area contributed by atoms with Crippen molar-refractivity contribution in [3.05, 3.63) is 0 Å². The highest BCUT2D eigenvalue weighted by Crippen LogP contribution is 2.17. The zero-order chi connectivity index (χ0) is 13.4. The second-order valence-corrected chi connectivity index (χ2v) is 19.3. The lowest BCUT2D eigenvalue weighted by Gasteiger charge is -2.15. The molecule has 0 aromatic heterocycles. The van der Waals surface area contributed by atoms with Crippen LogP contribution in [0.15, 0.2) is 0 Å². The summed E-state index contributed by atoms with van der Waals surface area (Å²) in [4.78, 5) is 0. The van der Waals surface area contributed by atoms with Gasteiger partial charge in [-0.15, -0.1) is 0 Å². The van der Waals surface area contributed by atoms with E-state index >= 15 is 0 Å². The molecule has 0 radical (unpaired) electrons. The van der Waals surface area contributed by atoms with Crippen molar-refractivity contribution >= 4 is 16.1 Å². The van der Waals surface area contributed by atoms with Crippen molar-refractivity contribution in [3.8, 4) is 0 Å². The molecule has 0 aliphatic carbocycles. The molecule has 17 heavy (non-hydrogen) atoms. The second kappa shape index (κ2) is 8.52. The van der Waals surface area contributed by atoms with Crippen molar-refractivity contribution in [2.24, 2.45) is 0 Å². The van der Waals surface area contributed by atoms with Crippen LogP contribution in [0.5, 0.6) is 0 Å². The molecule has 0 N–H and O–H groups in total. The van der Waals surface area contributed by atoms with E-state index in [0.717, 1.165) is 0 Å². The first-order valence-corrected chi connectivity index (χ1v) is 15.1. The summed E-state index contributed by atoms with van der Waals surface area (Å²) in [5.74, 6) is 0. The van der Waals surface area contributed by atoms with E-state index in [9.17, 15) is 0 Å². The Hall–Kier alpha value is 0.434. The topological polar surface area (TPSA) is 0 Å². The van der Waals surface area contributed by atoms with Crippen molar-refractivity contribution in [2.75, 3.05) is 0 Å². The molecular weight excluding hydrogens is 236 g/mol. The van der Waals surface area contributed by atoms with E-state index in [1.54, 1.807) is 0 Å². The number of rotatable bonds is 10. The van der Waals surface area contributed by atoms with Crippen molar-refractivity contribution < 1.29 is 0 Å². The first-order valence-electron chi connectivity index (χ1n) is 7.71. The van der Waals surface area contributed by atoms with Crippen molar-refractivity contribution in [1.29, 1.82) is 0 Å². The highest BCUT2D eigenvalue weighted by molar-refractivity contribution is 6.76. The summed E-state index contributed by atoms with van der Waals surface area (Å²) in [5.41, 5.74) is 0. The van der Waals surface area contributed by atoms with Gasteiger partial charge < -0.3 is 0 Å². The molecule has 0 bridgehead atoms. The van der Waals surface area contributed by atoms with Gasteiger partial charge in [-0.1, -0.05) is 96.3 Å². The standard InChI is InChI=1S/C15H36Si2/c1-16(2,3)14-12-10-8-7-9-11-13-15-17(4,5)6/h7-15H2,1-6H3. The van der Waals surface area contributed by atoms with Crippen LogP contribution in [-0.2, 0) is 0 Å². The van der Waals surface area contributed by atoms with E-state index in [4.69, 9.17) is 0 Å². The maximum Gasteiger partial charge on any atom is 0.0442 e. The third kappa shape index (κ3) is 16.4. The van der Waals surface area contributed by atoms with Crippen LogP contribution in [0.1, 0.15) is 44.9 Å². The molecule has 0 saturated carbocycles. The van der Waals surface area contributed by atoms with Crippen LogP contribution >= 0.6 is 0 Å². The predicted octanol–water partition coefficient (Wildman–Crippen LogP) is 6.39. The minimum atomic E-state index is -0.755. The highest BCUT2D eigenvalue weighted by atomic mass is 28.3. The molecule has 2 heteroatoms. The van der Waals surface area contributed by atoms with Crippen LogP contribution in [0.4, 0.5) is 0 Å². The van der Waals surface area contributed by atoms with Gasteiger partial charge in [-0.3, -0.25) is 0 Å². The van der Waals surface area contributed by atoms with E-state index in [-0.39, 0.29) is 0 Å². The van der Waals surface area contributed by atoms with E-state index in [0.29, 0.717) is 0 Å². The van der Waals surface area contributed by atoms with Gasteiger partial charge >= 0.3 is 0 Å². The molecule has 0 spiro atoms. The van der Waals surface area contributed by atoms with Gasteiger partial charge in [0, 0.05) is 16.1 Å². The zero-order valence-corrected chi connectivity index (χ0v) is 15.4. The molecule has 0 amide bonds. The van der Waals surface area contributed by atoms with Gasteiger partial charge in [0.25, 0.3) is 0 Å². The van der Waals surface area contributed by atoms with E-state index in [1.807, 2.05) is 0 Å². The Morgan fingerprint density at radius 1 is 0.412 bits per heavy atom. The lowest BCUT2D eigenvalue weighted by molar-refractivity contribution is 0.599. The minimum Gasteiger partial charge on any atom is -0.0695 e. The first kappa shape index (κ1) is 17.4. The molecule has 0 saturated heterocycles. The van der Waals surface area contributed by atoms with Crippen LogP contribution in [0, 0.1) is 0 Å². The Bertz CT molecular complexity index is 154. The largest absolute Gasteiger partial charge is 0.0695 e. The van der Waals surface area contributed by atoms with Gasteiger partial charge in [-0.05, 0) is 0 Å². The Morgan fingerprint density at radius 3 is 0.882 bits per heavy atom. The molecule has 0 aromatic rings. The van der Waals surface area contributed by atoms with E-state index in [1.165, 1.54) is 57.0 Å². The van der Waals surface area contributed by atoms with E-state index in [2.05, 4.69) is 39.3 Å². The minimum absolute atomic E-state index is 0.755. The molecular formula is C15H36Si2. The fourth-order valence-corrected chi connectivity index (χ4v) is 4.82. The van der Waals surface area contributed by atoms with Crippen LogP contribution in [0.2, 0.25) is 51.4 Å². The van der Waals surface area contributed by atoms with Gasteiger partial charge in [-0.25, -0.2) is 0 Å². The summed E-state index contributed by atoms with van der Waals surface area (Å²) in [6, 6.07) is 3.06. The predicted molar refractivity (Wildman–Crippen MR) is 88.6 cm³/mol. The van der Waals surface area contributed by atoms with Crippen molar-refractivity contribution in [2.45, 2.75) is 96.3 Å².